The molecule has 3 rings (SSSR count). The first-order valence-electron chi connectivity index (χ1n) is 8.27. The molecule has 1 N–H and O–H groups in total. The molecule has 3 heterocycles. The summed E-state index contributed by atoms with van der Waals surface area (Å²) in [7, 11) is -3.04. The fourth-order valence-electron chi connectivity index (χ4n) is 2.81. The Kier molecular flexibility index (Phi) is 6.64. The van der Waals surface area contributed by atoms with Gasteiger partial charge in [-0.25, -0.2) is 13.4 Å². The number of thioether (sulfide) groups is 1. The highest BCUT2D eigenvalue weighted by atomic mass is 35.5. The number of amides is 1. The van der Waals surface area contributed by atoms with Crippen LogP contribution >= 0.6 is 35.0 Å². The van der Waals surface area contributed by atoms with Gasteiger partial charge in [-0.1, -0.05) is 41.0 Å². The number of nitrogens with zero attached hydrogens (tertiary/aromatic N) is 4. The first kappa shape index (κ1) is 21.1. The number of allylic oxidation sites excluding steroid dienone is 1. The summed E-state index contributed by atoms with van der Waals surface area (Å²) in [6, 6.07) is 1.49. The molecule has 0 aliphatic carbocycles. The normalized spacial score (nSPS) is 18.1. The average molecular weight is 462 g/mol. The number of pyridine rings is 1. The third-order valence-corrected chi connectivity index (χ3v) is 7.28. The first-order chi connectivity index (χ1) is 13.3. The van der Waals surface area contributed by atoms with Crippen LogP contribution in [0.25, 0.3) is 0 Å². The maximum absolute atomic E-state index is 12.2. The summed E-state index contributed by atoms with van der Waals surface area (Å²) >= 11 is 13.0. The molecular weight excluding hydrogens is 445 g/mol. The van der Waals surface area contributed by atoms with Gasteiger partial charge in [-0.3, -0.25) is 4.79 Å². The molecule has 1 saturated heterocycles. The number of hydrogen-bond donors (Lipinski definition) is 1. The molecule has 1 unspecified atom stereocenters. The minimum atomic E-state index is -3.04. The number of nitrogens with one attached hydrogen (secondary N) is 1. The van der Waals surface area contributed by atoms with Crippen LogP contribution in [0.5, 0.6) is 0 Å². The molecule has 1 amide bonds. The van der Waals surface area contributed by atoms with Gasteiger partial charge in [0.15, 0.2) is 20.8 Å². The Hall–Kier alpha value is -1.62. The maximum atomic E-state index is 12.2. The van der Waals surface area contributed by atoms with Gasteiger partial charge in [0.2, 0.25) is 5.91 Å². The van der Waals surface area contributed by atoms with E-state index in [1.165, 1.54) is 24.0 Å². The van der Waals surface area contributed by atoms with Gasteiger partial charge in [-0.05, 0) is 12.5 Å². The van der Waals surface area contributed by atoms with Gasteiger partial charge < -0.3 is 9.88 Å². The molecule has 0 saturated carbocycles. The van der Waals surface area contributed by atoms with Crippen LogP contribution in [0.2, 0.25) is 10.0 Å². The van der Waals surface area contributed by atoms with Crippen LogP contribution in [0.4, 0.5) is 5.82 Å². The summed E-state index contributed by atoms with van der Waals surface area (Å²) in [4.78, 5) is 16.2. The van der Waals surface area contributed by atoms with Crippen LogP contribution in [0, 0.1) is 0 Å². The summed E-state index contributed by atoms with van der Waals surface area (Å²) < 4.78 is 25.3. The van der Waals surface area contributed by atoms with Crippen LogP contribution in [0.3, 0.4) is 0 Å². The molecule has 1 fully saturated rings. The van der Waals surface area contributed by atoms with Gasteiger partial charge >= 0.3 is 0 Å². The number of sulfone groups is 1. The highest BCUT2D eigenvalue weighted by Gasteiger charge is 2.33. The zero-order valence-corrected chi connectivity index (χ0v) is 17.8. The summed E-state index contributed by atoms with van der Waals surface area (Å²) in [5, 5.41) is 12.0. The second kappa shape index (κ2) is 8.81. The van der Waals surface area contributed by atoms with E-state index in [-0.39, 0.29) is 39.9 Å². The molecule has 0 radical (unpaired) electrons. The standard InChI is InChI=1S/C16H17Cl2N5O3S2/c1-2-4-23-15(10-3-5-28(25,26)9-10)21-22-16(23)27-8-13(24)20-14-12(18)6-11(17)7-19-14/h2,6-7,10H,1,3-5,8-9H2,(H,19,20,24). The number of halogens is 2. The van der Waals surface area contributed by atoms with E-state index in [1.54, 1.807) is 10.6 Å². The average Bonchev–Trinajstić information content (AvgIpc) is 3.19. The van der Waals surface area contributed by atoms with E-state index in [9.17, 15) is 13.2 Å². The van der Waals surface area contributed by atoms with Gasteiger partial charge in [0.05, 0.1) is 27.3 Å². The highest BCUT2D eigenvalue weighted by molar-refractivity contribution is 7.99. The molecule has 0 bridgehead atoms. The van der Waals surface area contributed by atoms with Gasteiger partial charge in [-0.15, -0.1) is 16.8 Å². The summed E-state index contributed by atoms with van der Waals surface area (Å²) in [6.07, 6.45) is 3.58. The second-order valence-corrected chi connectivity index (χ2v) is 10.2. The monoisotopic (exact) mass is 461 g/mol. The number of anilines is 1. The van der Waals surface area contributed by atoms with Gasteiger partial charge in [0.25, 0.3) is 0 Å². The van der Waals surface area contributed by atoms with E-state index in [2.05, 4.69) is 27.1 Å². The largest absolute Gasteiger partial charge is 0.309 e. The Morgan fingerprint density at radius 2 is 2.21 bits per heavy atom. The van der Waals surface area contributed by atoms with Crippen LogP contribution in [-0.2, 0) is 21.2 Å². The van der Waals surface area contributed by atoms with Crippen molar-refractivity contribution in [1.29, 1.82) is 0 Å². The Morgan fingerprint density at radius 1 is 1.43 bits per heavy atom. The third-order valence-electron chi connectivity index (χ3n) is 4.05. The second-order valence-electron chi connectivity index (χ2n) is 6.16. The lowest BCUT2D eigenvalue weighted by Crippen LogP contribution is -2.16. The Morgan fingerprint density at radius 3 is 2.86 bits per heavy atom. The van der Waals surface area contributed by atoms with E-state index in [4.69, 9.17) is 23.2 Å². The van der Waals surface area contributed by atoms with E-state index < -0.39 is 9.84 Å². The SMILES string of the molecule is C=CCn1c(SCC(=O)Nc2ncc(Cl)cc2Cl)nnc1C1CCS(=O)(=O)C1. The van der Waals surface area contributed by atoms with Crippen LogP contribution in [0.15, 0.2) is 30.1 Å². The molecule has 150 valence electrons. The zero-order valence-electron chi connectivity index (χ0n) is 14.6. The molecule has 1 atom stereocenters. The molecule has 1 aliphatic heterocycles. The Labute approximate surface area is 176 Å². The van der Waals surface area contributed by atoms with Gasteiger partial charge in [0, 0.05) is 18.7 Å². The number of carbonyl (C=O) groups is 1. The number of rotatable bonds is 7. The van der Waals surface area contributed by atoms with Crippen molar-refractivity contribution in [2.45, 2.75) is 24.0 Å². The summed E-state index contributed by atoms with van der Waals surface area (Å²) in [5.41, 5.74) is 0. The van der Waals surface area contributed by atoms with Crippen molar-refractivity contribution in [3.8, 4) is 0 Å². The molecule has 8 nitrogen and oxygen atoms in total. The zero-order chi connectivity index (χ0) is 20.3. The molecule has 2 aromatic rings. The van der Waals surface area contributed by atoms with Crippen LogP contribution < -0.4 is 5.32 Å². The quantitative estimate of drug-likeness (QED) is 0.498. The van der Waals surface area contributed by atoms with Crippen molar-refractivity contribution in [2.24, 2.45) is 0 Å². The molecule has 2 aromatic heterocycles. The fourth-order valence-corrected chi connectivity index (χ4v) is 5.73. The molecule has 28 heavy (non-hydrogen) atoms. The van der Waals surface area contributed by atoms with Gasteiger partial charge in [0.1, 0.15) is 5.82 Å². The van der Waals surface area contributed by atoms with Crippen molar-refractivity contribution in [2.75, 3.05) is 22.6 Å². The maximum Gasteiger partial charge on any atom is 0.236 e. The van der Waals surface area contributed by atoms with E-state index in [0.29, 0.717) is 29.0 Å². The van der Waals surface area contributed by atoms with Crippen LogP contribution in [0.1, 0.15) is 18.2 Å². The van der Waals surface area contributed by atoms with E-state index in [0.717, 1.165) is 0 Å². The minimum Gasteiger partial charge on any atom is -0.309 e. The van der Waals surface area contributed by atoms with Crippen LogP contribution in [-0.4, -0.2) is 51.3 Å². The lowest BCUT2D eigenvalue weighted by Gasteiger charge is -2.11. The van der Waals surface area contributed by atoms with E-state index in [1.807, 2.05) is 0 Å². The minimum absolute atomic E-state index is 0.0544. The molecule has 0 aromatic carbocycles. The smallest absolute Gasteiger partial charge is 0.236 e. The Balaban J connectivity index is 1.68. The first-order valence-corrected chi connectivity index (χ1v) is 11.8. The molecule has 12 heteroatoms. The number of carbonyl (C=O) groups excluding carboxylic acids is 1. The Bertz CT molecular complexity index is 1010. The van der Waals surface area contributed by atoms with Gasteiger partial charge in [-0.2, -0.15) is 0 Å². The lowest BCUT2D eigenvalue weighted by molar-refractivity contribution is -0.113. The number of aromatic nitrogens is 4. The molecule has 1 aliphatic rings. The summed E-state index contributed by atoms with van der Waals surface area (Å²) in [6.45, 7) is 4.15. The summed E-state index contributed by atoms with van der Waals surface area (Å²) in [5.74, 6) is 0.579. The lowest BCUT2D eigenvalue weighted by atomic mass is 10.1. The van der Waals surface area contributed by atoms with Crippen molar-refractivity contribution in [3.63, 3.8) is 0 Å². The van der Waals surface area contributed by atoms with Crippen molar-refractivity contribution in [1.82, 2.24) is 19.7 Å². The number of hydrogen-bond acceptors (Lipinski definition) is 7. The molecule has 0 spiro atoms. The predicted octanol–water partition coefficient (Wildman–Crippen LogP) is 2.80. The fraction of sp³-hybridized carbons (Fsp3) is 0.375. The topological polar surface area (TPSA) is 107 Å². The van der Waals surface area contributed by atoms with Crippen molar-refractivity contribution in [3.05, 3.63) is 40.8 Å². The third kappa shape index (κ3) is 5.05. The van der Waals surface area contributed by atoms with Crippen molar-refractivity contribution < 1.29 is 13.2 Å². The predicted molar refractivity (Wildman–Crippen MR) is 110 cm³/mol. The highest BCUT2D eigenvalue weighted by Crippen LogP contribution is 2.30. The van der Waals surface area contributed by atoms with Crippen molar-refractivity contribution >= 4 is 56.5 Å². The molecular formula is C16H17Cl2N5O3S2. The van der Waals surface area contributed by atoms with E-state index >= 15 is 0 Å².